The Hall–Kier alpha value is -3.34. The van der Waals surface area contributed by atoms with Gasteiger partial charge in [0.2, 0.25) is 22.7 Å². The number of furan rings is 1. The van der Waals surface area contributed by atoms with Crippen LogP contribution in [-0.2, 0) is 38.1 Å². The first-order valence-electron chi connectivity index (χ1n) is 13.5. The minimum atomic E-state index is -3.98. The van der Waals surface area contributed by atoms with Crippen LogP contribution in [0.2, 0.25) is 0 Å². The maximum absolute atomic E-state index is 13.9. The first kappa shape index (κ1) is 28.2. The van der Waals surface area contributed by atoms with Crippen LogP contribution >= 0.6 is 0 Å². The molecule has 214 valence electrons. The lowest BCUT2D eigenvalue weighted by molar-refractivity contribution is -0.133. The number of carbonyl (C=O) groups excluding carboxylic acids is 1. The van der Waals surface area contributed by atoms with Gasteiger partial charge in [0, 0.05) is 19.7 Å². The van der Waals surface area contributed by atoms with Crippen LogP contribution in [0.25, 0.3) is 0 Å². The quantitative estimate of drug-likeness (QED) is 0.350. The van der Waals surface area contributed by atoms with Crippen LogP contribution in [0.1, 0.15) is 50.5 Å². The second-order valence-electron chi connectivity index (χ2n) is 11.2. The maximum atomic E-state index is 13.9. The number of hydrogen-bond donors (Lipinski definition) is 0. The van der Waals surface area contributed by atoms with E-state index in [0.29, 0.717) is 23.9 Å². The van der Waals surface area contributed by atoms with E-state index in [-0.39, 0.29) is 55.3 Å². The second-order valence-corrected chi connectivity index (χ2v) is 13.2. The Morgan fingerprint density at radius 3 is 2.45 bits per heavy atom. The van der Waals surface area contributed by atoms with E-state index >= 15 is 0 Å². The SMILES string of the molecule is CC(C)(C)c1ccc(S(=O)(=O)N(CC(=O)N(Cc2ccc3c(c2)OCO3)Cc2ccco2)C[C@H]2CCCO2)cc1. The highest BCUT2D eigenvalue weighted by Gasteiger charge is 2.33. The van der Waals surface area contributed by atoms with Crippen LogP contribution in [0.3, 0.4) is 0 Å². The summed E-state index contributed by atoms with van der Waals surface area (Å²) in [4.78, 5) is 15.6. The van der Waals surface area contributed by atoms with Gasteiger partial charge in [0.15, 0.2) is 11.5 Å². The molecule has 2 aliphatic heterocycles. The van der Waals surface area contributed by atoms with E-state index in [9.17, 15) is 13.2 Å². The first-order valence-corrected chi connectivity index (χ1v) is 14.9. The van der Waals surface area contributed by atoms with E-state index in [1.807, 2.05) is 30.3 Å². The molecule has 0 unspecified atom stereocenters. The smallest absolute Gasteiger partial charge is 0.243 e. The van der Waals surface area contributed by atoms with Crippen LogP contribution in [0, 0.1) is 0 Å². The molecular formula is C30H36N2O7S. The van der Waals surface area contributed by atoms with Crippen molar-refractivity contribution in [1.82, 2.24) is 9.21 Å². The Morgan fingerprint density at radius 1 is 1.00 bits per heavy atom. The molecule has 0 N–H and O–H groups in total. The molecule has 0 spiro atoms. The van der Waals surface area contributed by atoms with Gasteiger partial charge in [-0.15, -0.1) is 0 Å². The Morgan fingerprint density at radius 2 is 1.77 bits per heavy atom. The molecule has 1 saturated heterocycles. The average Bonchev–Trinajstić information content (AvgIpc) is 3.70. The normalized spacial score (nSPS) is 16.9. The molecule has 0 radical (unpaired) electrons. The summed E-state index contributed by atoms with van der Waals surface area (Å²) >= 11 is 0. The van der Waals surface area contributed by atoms with E-state index in [4.69, 9.17) is 18.6 Å². The van der Waals surface area contributed by atoms with E-state index in [1.165, 1.54) is 4.31 Å². The molecule has 2 aromatic carbocycles. The standard InChI is InChI=1S/C30H36N2O7S/c1-30(2,3)23-9-11-26(12-10-23)40(34,35)32(19-25-7-5-15-37-25)20-29(33)31(18-24-6-4-14-36-24)17-22-8-13-27-28(16-22)39-21-38-27/h4,6,8-14,16,25H,5,7,15,17-21H2,1-3H3/t25-/m1/s1. The Kier molecular flexibility index (Phi) is 8.21. The van der Waals surface area contributed by atoms with Crippen molar-refractivity contribution >= 4 is 15.9 Å². The number of nitrogens with zero attached hydrogens (tertiary/aromatic N) is 2. The van der Waals surface area contributed by atoms with Gasteiger partial charge in [-0.05, 0) is 65.8 Å². The molecular weight excluding hydrogens is 532 g/mol. The molecule has 2 aliphatic rings. The summed E-state index contributed by atoms with van der Waals surface area (Å²) in [5.41, 5.74) is 1.74. The summed E-state index contributed by atoms with van der Waals surface area (Å²) in [5, 5.41) is 0. The highest BCUT2D eigenvalue weighted by Crippen LogP contribution is 2.33. The van der Waals surface area contributed by atoms with Crippen LogP contribution in [0.4, 0.5) is 0 Å². The molecule has 9 nitrogen and oxygen atoms in total. The Balaban J connectivity index is 1.40. The molecule has 1 atom stereocenters. The van der Waals surface area contributed by atoms with Crippen molar-refractivity contribution in [3.05, 3.63) is 77.7 Å². The summed E-state index contributed by atoms with van der Waals surface area (Å²) < 4.78 is 51.3. The zero-order valence-electron chi connectivity index (χ0n) is 23.2. The minimum absolute atomic E-state index is 0.105. The molecule has 0 saturated carbocycles. The van der Waals surface area contributed by atoms with E-state index in [2.05, 4.69) is 20.8 Å². The van der Waals surface area contributed by atoms with Crippen molar-refractivity contribution in [3.8, 4) is 11.5 Å². The second kappa shape index (κ2) is 11.6. The van der Waals surface area contributed by atoms with Gasteiger partial charge in [-0.2, -0.15) is 4.31 Å². The van der Waals surface area contributed by atoms with Gasteiger partial charge in [0.25, 0.3) is 0 Å². The van der Waals surface area contributed by atoms with Crippen LogP contribution in [-0.4, -0.2) is 56.1 Å². The predicted molar refractivity (Wildman–Crippen MR) is 148 cm³/mol. The third-order valence-corrected chi connectivity index (χ3v) is 9.02. The number of rotatable bonds is 10. The first-order chi connectivity index (χ1) is 19.1. The molecule has 1 aromatic heterocycles. The highest BCUT2D eigenvalue weighted by atomic mass is 32.2. The lowest BCUT2D eigenvalue weighted by Crippen LogP contribution is -2.45. The number of ether oxygens (including phenoxy) is 3. The predicted octanol–water partition coefficient (Wildman–Crippen LogP) is 4.70. The summed E-state index contributed by atoms with van der Waals surface area (Å²) in [7, 11) is -3.98. The van der Waals surface area contributed by atoms with E-state index < -0.39 is 10.0 Å². The number of hydrogen-bond acceptors (Lipinski definition) is 7. The number of amides is 1. The number of benzene rings is 2. The lowest BCUT2D eigenvalue weighted by atomic mass is 9.87. The van der Waals surface area contributed by atoms with Gasteiger partial charge in [-0.25, -0.2) is 8.42 Å². The Labute approximate surface area is 235 Å². The van der Waals surface area contributed by atoms with Crippen molar-refractivity contribution in [2.24, 2.45) is 0 Å². The van der Waals surface area contributed by atoms with Gasteiger partial charge in [0.05, 0.1) is 30.4 Å². The van der Waals surface area contributed by atoms with Gasteiger partial charge in [-0.3, -0.25) is 4.79 Å². The third-order valence-electron chi connectivity index (χ3n) is 7.19. The zero-order chi connectivity index (χ0) is 28.3. The summed E-state index contributed by atoms with van der Waals surface area (Å²) in [6, 6.07) is 16.0. The monoisotopic (exact) mass is 568 g/mol. The molecule has 0 aliphatic carbocycles. The van der Waals surface area contributed by atoms with E-state index in [0.717, 1.165) is 24.0 Å². The largest absolute Gasteiger partial charge is 0.467 e. The van der Waals surface area contributed by atoms with Crippen molar-refractivity contribution in [3.63, 3.8) is 0 Å². The van der Waals surface area contributed by atoms with E-state index in [1.54, 1.807) is 35.4 Å². The van der Waals surface area contributed by atoms with Crippen LogP contribution in [0.15, 0.2) is 70.2 Å². The lowest BCUT2D eigenvalue weighted by Gasteiger charge is -2.28. The number of carbonyl (C=O) groups is 1. The molecule has 1 fully saturated rings. The molecule has 0 bridgehead atoms. The Bertz CT molecular complexity index is 1410. The highest BCUT2D eigenvalue weighted by molar-refractivity contribution is 7.89. The van der Waals surface area contributed by atoms with Crippen molar-refractivity contribution in [2.75, 3.05) is 26.5 Å². The van der Waals surface area contributed by atoms with Crippen LogP contribution < -0.4 is 9.47 Å². The summed E-state index contributed by atoms with van der Waals surface area (Å²) in [6.45, 7) is 7.18. The fraction of sp³-hybridized carbons (Fsp3) is 0.433. The number of sulfonamides is 1. The molecule has 1 amide bonds. The zero-order valence-corrected chi connectivity index (χ0v) is 24.0. The summed E-state index contributed by atoms with van der Waals surface area (Å²) in [6.07, 6.45) is 2.90. The summed E-state index contributed by atoms with van der Waals surface area (Å²) in [5.74, 6) is 1.52. The minimum Gasteiger partial charge on any atom is -0.467 e. The molecule has 3 aromatic rings. The van der Waals surface area contributed by atoms with Gasteiger partial charge in [-0.1, -0.05) is 39.0 Å². The molecule has 40 heavy (non-hydrogen) atoms. The van der Waals surface area contributed by atoms with Gasteiger partial charge in [0.1, 0.15) is 5.76 Å². The average molecular weight is 569 g/mol. The van der Waals surface area contributed by atoms with Gasteiger partial charge < -0.3 is 23.5 Å². The topological polar surface area (TPSA) is 98.5 Å². The van der Waals surface area contributed by atoms with Crippen molar-refractivity contribution < 1.29 is 31.8 Å². The maximum Gasteiger partial charge on any atom is 0.243 e. The molecule has 5 rings (SSSR count). The van der Waals surface area contributed by atoms with Crippen LogP contribution in [0.5, 0.6) is 11.5 Å². The fourth-order valence-corrected chi connectivity index (χ4v) is 6.29. The molecule has 10 heteroatoms. The fourth-order valence-electron chi connectivity index (χ4n) is 4.87. The van der Waals surface area contributed by atoms with Gasteiger partial charge >= 0.3 is 0 Å². The van der Waals surface area contributed by atoms with Crippen molar-refractivity contribution in [2.45, 2.75) is 63.1 Å². The third kappa shape index (κ3) is 6.51. The number of fused-ring (bicyclic) bond motifs is 1. The molecule has 3 heterocycles. The van der Waals surface area contributed by atoms with Crippen molar-refractivity contribution in [1.29, 1.82) is 0 Å².